The summed E-state index contributed by atoms with van der Waals surface area (Å²) < 4.78 is 16.9. The van der Waals surface area contributed by atoms with Crippen LogP contribution >= 0.6 is 0 Å². The molecule has 0 aliphatic carbocycles. The van der Waals surface area contributed by atoms with Crippen molar-refractivity contribution >= 4 is 17.9 Å². The molecule has 6 nitrogen and oxygen atoms in total. The molecule has 6 heteroatoms. The Labute approximate surface area is 428 Å². The molecule has 0 aromatic carbocycles. The molecule has 0 rings (SSSR count). The number of carbonyl (C=O) groups excluding carboxylic acids is 3. The summed E-state index contributed by atoms with van der Waals surface area (Å²) in [7, 11) is 0. The van der Waals surface area contributed by atoms with E-state index in [4.69, 9.17) is 14.2 Å². The third-order valence-corrected chi connectivity index (χ3v) is 13.3. The number of carbonyl (C=O) groups is 3. The number of unbranched alkanes of at least 4 members (excludes halogenated alkanes) is 36. The lowest BCUT2D eigenvalue weighted by Crippen LogP contribution is -2.30. The first kappa shape index (κ1) is 66.4. The Morgan fingerprint density at radius 3 is 0.884 bits per heavy atom. The third-order valence-electron chi connectivity index (χ3n) is 13.3. The van der Waals surface area contributed by atoms with Gasteiger partial charge in [0.2, 0.25) is 0 Å². The van der Waals surface area contributed by atoms with Crippen LogP contribution in [-0.2, 0) is 28.6 Å². The van der Waals surface area contributed by atoms with Crippen molar-refractivity contribution in [2.75, 3.05) is 13.2 Å². The molecule has 1 unspecified atom stereocenters. The van der Waals surface area contributed by atoms with E-state index in [1.165, 1.54) is 180 Å². The van der Waals surface area contributed by atoms with E-state index in [9.17, 15) is 14.4 Å². The van der Waals surface area contributed by atoms with Crippen LogP contribution in [0, 0.1) is 0 Å². The molecule has 0 radical (unpaired) electrons. The summed E-state index contributed by atoms with van der Waals surface area (Å²) in [5.74, 6) is -0.882. The van der Waals surface area contributed by atoms with Gasteiger partial charge in [-0.15, -0.1) is 0 Å². The SMILES string of the molecule is CC/C=C\C/C=C\C/C=C\C/C=C\CCCCCCC(=O)OC(COC(=O)CCCCCCCCCCCCCCCCCC)COC(=O)CCCCCCCCCCCCCCCCCCCC. The zero-order valence-electron chi connectivity index (χ0n) is 46.1. The highest BCUT2D eigenvalue weighted by Gasteiger charge is 2.19. The zero-order valence-corrected chi connectivity index (χ0v) is 46.1. The fraction of sp³-hybridized carbons (Fsp3) is 0.825. The minimum absolute atomic E-state index is 0.0786. The molecule has 402 valence electrons. The molecule has 0 amide bonds. The van der Waals surface area contributed by atoms with E-state index < -0.39 is 6.10 Å². The number of ether oxygens (including phenoxy) is 3. The summed E-state index contributed by atoms with van der Waals surface area (Å²) in [6.45, 7) is 6.56. The largest absolute Gasteiger partial charge is 0.462 e. The van der Waals surface area contributed by atoms with Crippen molar-refractivity contribution in [2.45, 2.75) is 322 Å². The van der Waals surface area contributed by atoms with Gasteiger partial charge in [-0.05, 0) is 57.8 Å². The third kappa shape index (κ3) is 56.2. The fourth-order valence-corrected chi connectivity index (χ4v) is 8.85. The lowest BCUT2D eigenvalue weighted by molar-refractivity contribution is -0.167. The number of hydrogen-bond acceptors (Lipinski definition) is 6. The normalized spacial score (nSPS) is 12.3. The Hall–Kier alpha value is -2.63. The van der Waals surface area contributed by atoms with E-state index >= 15 is 0 Å². The summed E-state index contributed by atoms with van der Waals surface area (Å²) in [6.07, 6.45) is 71.0. The van der Waals surface area contributed by atoms with E-state index in [-0.39, 0.29) is 31.1 Å². The van der Waals surface area contributed by atoms with Crippen LogP contribution < -0.4 is 0 Å². The smallest absolute Gasteiger partial charge is 0.306 e. The molecule has 0 N–H and O–H groups in total. The lowest BCUT2D eigenvalue weighted by Gasteiger charge is -2.18. The first-order valence-electron chi connectivity index (χ1n) is 30.1. The van der Waals surface area contributed by atoms with Gasteiger partial charge in [-0.1, -0.05) is 288 Å². The van der Waals surface area contributed by atoms with Crippen LogP contribution in [-0.4, -0.2) is 37.2 Å². The minimum atomic E-state index is -0.783. The van der Waals surface area contributed by atoms with Gasteiger partial charge in [-0.25, -0.2) is 0 Å². The van der Waals surface area contributed by atoms with E-state index in [1.807, 2.05) is 0 Å². The molecule has 0 aromatic rings. The Balaban J connectivity index is 4.37. The van der Waals surface area contributed by atoms with E-state index in [2.05, 4.69) is 69.4 Å². The molecule has 69 heavy (non-hydrogen) atoms. The second kappa shape index (κ2) is 57.9. The van der Waals surface area contributed by atoms with Crippen molar-refractivity contribution in [1.29, 1.82) is 0 Å². The fourth-order valence-electron chi connectivity index (χ4n) is 8.85. The number of rotatable bonds is 55. The molecular weight excluding hydrogens is 853 g/mol. The second-order valence-electron chi connectivity index (χ2n) is 20.2. The molecule has 0 bridgehead atoms. The molecule has 0 saturated heterocycles. The molecule has 0 fully saturated rings. The van der Waals surface area contributed by atoms with Crippen LogP contribution in [0.2, 0.25) is 0 Å². The molecule has 0 aliphatic heterocycles. The average Bonchev–Trinajstić information content (AvgIpc) is 3.35. The number of esters is 3. The maximum atomic E-state index is 12.9. The van der Waals surface area contributed by atoms with Gasteiger partial charge in [-0.3, -0.25) is 14.4 Å². The van der Waals surface area contributed by atoms with Gasteiger partial charge in [0.15, 0.2) is 6.10 Å². The van der Waals surface area contributed by atoms with Gasteiger partial charge < -0.3 is 14.2 Å². The first-order chi connectivity index (χ1) is 34.0. The van der Waals surface area contributed by atoms with Gasteiger partial charge in [-0.2, -0.15) is 0 Å². The standard InChI is InChI=1S/C63H114O6/c1-4-7-10-13-16-19-22-25-28-31-33-35-38-41-44-47-50-53-56-62(65)68-59-60(58-67-61(64)55-52-49-46-43-40-37-34-30-27-24-21-18-15-12-9-6-3)69-63(66)57-54-51-48-45-42-39-36-32-29-26-23-20-17-14-11-8-5-2/h8,11,17,20,26,29,36,39,60H,4-7,9-10,12-16,18-19,21-25,27-28,30-35,37-38,40-59H2,1-3H3/b11-8-,20-17-,29-26-,39-36-. The maximum absolute atomic E-state index is 12.9. The highest BCUT2D eigenvalue weighted by Crippen LogP contribution is 2.17. The maximum Gasteiger partial charge on any atom is 0.306 e. The number of allylic oxidation sites excluding steroid dienone is 8. The van der Waals surface area contributed by atoms with E-state index in [0.717, 1.165) is 96.3 Å². The topological polar surface area (TPSA) is 78.9 Å². The van der Waals surface area contributed by atoms with Crippen molar-refractivity contribution in [3.8, 4) is 0 Å². The van der Waals surface area contributed by atoms with E-state index in [0.29, 0.717) is 19.3 Å². The summed E-state index contributed by atoms with van der Waals surface area (Å²) >= 11 is 0. The zero-order chi connectivity index (χ0) is 50.0. The average molecular weight is 968 g/mol. The molecule has 0 saturated carbocycles. The van der Waals surface area contributed by atoms with E-state index in [1.54, 1.807) is 0 Å². The quantitative estimate of drug-likeness (QED) is 0.0262. The summed E-state index contributed by atoms with van der Waals surface area (Å²) in [4.78, 5) is 38.2. The monoisotopic (exact) mass is 967 g/mol. The van der Waals surface area contributed by atoms with Gasteiger partial charge >= 0.3 is 17.9 Å². The predicted molar refractivity (Wildman–Crippen MR) is 298 cm³/mol. The van der Waals surface area contributed by atoms with Crippen molar-refractivity contribution in [2.24, 2.45) is 0 Å². The summed E-state index contributed by atoms with van der Waals surface area (Å²) in [6, 6.07) is 0. The highest BCUT2D eigenvalue weighted by molar-refractivity contribution is 5.71. The molecule has 0 spiro atoms. The highest BCUT2D eigenvalue weighted by atomic mass is 16.6. The summed E-state index contributed by atoms with van der Waals surface area (Å²) in [5.41, 5.74) is 0. The van der Waals surface area contributed by atoms with Gasteiger partial charge in [0.25, 0.3) is 0 Å². The predicted octanol–water partition coefficient (Wildman–Crippen LogP) is 20.2. The van der Waals surface area contributed by atoms with Crippen molar-refractivity contribution in [3.05, 3.63) is 48.6 Å². The lowest BCUT2D eigenvalue weighted by atomic mass is 10.0. The van der Waals surface area contributed by atoms with Crippen LogP contribution in [0.25, 0.3) is 0 Å². The van der Waals surface area contributed by atoms with Gasteiger partial charge in [0.1, 0.15) is 13.2 Å². The minimum Gasteiger partial charge on any atom is -0.462 e. The molecule has 0 aromatic heterocycles. The molecule has 0 heterocycles. The van der Waals surface area contributed by atoms with Crippen molar-refractivity contribution < 1.29 is 28.6 Å². The second-order valence-corrected chi connectivity index (χ2v) is 20.2. The van der Waals surface area contributed by atoms with Crippen LogP contribution in [0.4, 0.5) is 0 Å². The Bertz CT molecular complexity index is 1200. The van der Waals surface area contributed by atoms with Crippen LogP contribution in [0.15, 0.2) is 48.6 Å². The Morgan fingerprint density at radius 2 is 0.565 bits per heavy atom. The molecule has 0 aliphatic rings. The van der Waals surface area contributed by atoms with Crippen molar-refractivity contribution in [1.82, 2.24) is 0 Å². The van der Waals surface area contributed by atoms with Crippen molar-refractivity contribution in [3.63, 3.8) is 0 Å². The first-order valence-corrected chi connectivity index (χ1v) is 30.1. The Kier molecular flexibility index (Phi) is 55.7. The van der Waals surface area contributed by atoms with Gasteiger partial charge in [0, 0.05) is 19.3 Å². The molecule has 1 atom stereocenters. The van der Waals surface area contributed by atoms with Gasteiger partial charge in [0.05, 0.1) is 0 Å². The summed E-state index contributed by atoms with van der Waals surface area (Å²) in [5, 5.41) is 0. The van der Waals surface area contributed by atoms with Crippen LogP contribution in [0.5, 0.6) is 0 Å². The van der Waals surface area contributed by atoms with Crippen LogP contribution in [0.3, 0.4) is 0 Å². The van der Waals surface area contributed by atoms with Crippen LogP contribution in [0.1, 0.15) is 316 Å². The number of hydrogen-bond donors (Lipinski definition) is 0. The Morgan fingerprint density at radius 1 is 0.304 bits per heavy atom. The molecular formula is C63H114O6.